The van der Waals surface area contributed by atoms with Crippen LogP contribution >= 0.6 is 11.9 Å². The first-order chi connectivity index (χ1) is 19.7. The van der Waals surface area contributed by atoms with Crippen molar-refractivity contribution >= 4 is 23.5 Å². The zero-order valence-electron chi connectivity index (χ0n) is 24.8. The number of amides is 1. The zero-order valence-corrected chi connectivity index (χ0v) is 25.6. The van der Waals surface area contributed by atoms with E-state index in [4.69, 9.17) is 4.74 Å². The smallest absolute Gasteiger partial charge is 0.261 e. The summed E-state index contributed by atoms with van der Waals surface area (Å²) in [6, 6.07) is 12.8. The summed E-state index contributed by atoms with van der Waals surface area (Å²) in [6.45, 7) is 8.84. The number of hydrogen-bond acceptors (Lipinski definition) is 6. The highest BCUT2D eigenvalue weighted by atomic mass is 32.2. The summed E-state index contributed by atoms with van der Waals surface area (Å²) < 4.78 is 9.75. The fourth-order valence-electron chi connectivity index (χ4n) is 7.90. The van der Waals surface area contributed by atoms with E-state index >= 15 is 0 Å². The maximum absolute atomic E-state index is 13.3. The molecule has 2 aromatic rings. The number of fused-ring (bicyclic) bond motifs is 4. The molecule has 3 N–H and O–H groups in total. The van der Waals surface area contributed by atoms with Gasteiger partial charge in [0, 0.05) is 35.2 Å². The highest BCUT2D eigenvalue weighted by Gasteiger charge is 2.45. The Balaban J connectivity index is 1.39. The lowest BCUT2D eigenvalue weighted by Gasteiger charge is -2.47. The number of nitrogens with zero attached hydrogens (tertiary/aromatic N) is 1. The van der Waals surface area contributed by atoms with E-state index in [2.05, 4.69) is 48.6 Å². The van der Waals surface area contributed by atoms with Crippen LogP contribution in [-0.2, 0) is 11.8 Å². The van der Waals surface area contributed by atoms with Gasteiger partial charge in [-0.05, 0) is 111 Å². The molecule has 1 spiro atoms. The first-order valence-corrected chi connectivity index (χ1v) is 16.6. The normalized spacial score (nSPS) is 32.3. The minimum absolute atomic E-state index is 0.0636. The average molecular weight is 579 g/mol. The van der Waals surface area contributed by atoms with Crippen molar-refractivity contribution < 1.29 is 19.7 Å². The third-order valence-electron chi connectivity index (χ3n) is 10.7. The minimum Gasteiger partial charge on any atom is -0.490 e. The summed E-state index contributed by atoms with van der Waals surface area (Å²) >= 11 is 1.49. The zero-order chi connectivity index (χ0) is 28.7. The summed E-state index contributed by atoms with van der Waals surface area (Å²) in [5.74, 6) is 1.76. The van der Waals surface area contributed by atoms with Gasteiger partial charge in [0.1, 0.15) is 5.75 Å². The van der Waals surface area contributed by atoms with Crippen molar-refractivity contribution in [2.45, 2.75) is 89.1 Å². The molecule has 0 radical (unpaired) electrons. The molecular weight excluding hydrogens is 532 g/mol. The molecule has 7 heteroatoms. The Bertz CT molecular complexity index is 1270. The average Bonchev–Trinajstić information content (AvgIpc) is 3.09. The maximum Gasteiger partial charge on any atom is 0.261 e. The second-order valence-corrected chi connectivity index (χ2v) is 14.6. The first kappa shape index (κ1) is 28.9. The molecule has 6 atom stereocenters. The summed E-state index contributed by atoms with van der Waals surface area (Å²) in [4.78, 5) is 15.8. The van der Waals surface area contributed by atoms with Crippen molar-refractivity contribution in [1.82, 2.24) is 4.72 Å². The number of rotatable bonds is 1. The number of nitrogens with one attached hydrogen (secondary N) is 1. The number of hydrogen-bond donors (Lipinski definition) is 3. The molecule has 1 saturated carbocycles. The monoisotopic (exact) mass is 578 g/mol. The highest BCUT2D eigenvalue weighted by molar-refractivity contribution is 7.98. The molecule has 2 bridgehead atoms. The predicted octanol–water partition coefficient (Wildman–Crippen LogP) is 6.01. The number of benzene rings is 2. The van der Waals surface area contributed by atoms with E-state index in [1.54, 1.807) is 0 Å². The van der Waals surface area contributed by atoms with Gasteiger partial charge < -0.3 is 19.8 Å². The van der Waals surface area contributed by atoms with Gasteiger partial charge in [-0.3, -0.25) is 9.52 Å². The van der Waals surface area contributed by atoms with E-state index in [1.807, 2.05) is 18.2 Å². The Hall–Kier alpha value is -2.22. The quantitative estimate of drug-likeness (QED) is 0.284. The standard InChI is InChI=1S/C34H46N2O4S/c1-21-9-13-29-24(16-21)7-5-15-34(29)19-36-18-26-10-12-27(26)28(33(38)39)8-4-6-22(2)23(3)41-35-32(37)25-11-14-31(40-20-34)30(36)17-25/h9,11,13-14,16-17,22-23,26-28,33,38-39H,4-8,10,12,15,18-20H2,1-3H3,(H,35,37)/t22-,23+,26-,27?,28-,34-/m0/s1. The van der Waals surface area contributed by atoms with E-state index in [-0.39, 0.29) is 22.5 Å². The van der Waals surface area contributed by atoms with E-state index in [0.717, 1.165) is 75.9 Å². The first-order valence-electron chi connectivity index (χ1n) is 15.7. The molecule has 2 heterocycles. The van der Waals surface area contributed by atoms with E-state index < -0.39 is 6.29 Å². The summed E-state index contributed by atoms with van der Waals surface area (Å²) in [5.41, 5.74) is 5.65. The van der Waals surface area contributed by atoms with Gasteiger partial charge in [-0.25, -0.2) is 0 Å². The van der Waals surface area contributed by atoms with Crippen LogP contribution in [0.3, 0.4) is 0 Å². The van der Waals surface area contributed by atoms with Gasteiger partial charge in [-0.2, -0.15) is 0 Å². The Labute approximate surface area is 249 Å². The molecular formula is C34H46N2O4S. The Kier molecular flexibility index (Phi) is 8.32. The highest BCUT2D eigenvalue weighted by Crippen LogP contribution is 2.48. The largest absolute Gasteiger partial charge is 0.490 e. The van der Waals surface area contributed by atoms with Crippen LogP contribution < -0.4 is 14.4 Å². The Morgan fingerprint density at radius 3 is 2.71 bits per heavy atom. The van der Waals surface area contributed by atoms with Crippen LogP contribution in [0.15, 0.2) is 36.4 Å². The lowest BCUT2D eigenvalue weighted by atomic mass is 9.64. The number of carbonyl (C=O) groups is 1. The minimum atomic E-state index is -1.28. The van der Waals surface area contributed by atoms with Crippen LogP contribution in [0.4, 0.5) is 5.69 Å². The summed E-state index contributed by atoms with van der Waals surface area (Å²) in [5, 5.41) is 21.2. The van der Waals surface area contributed by atoms with Gasteiger partial charge in [-0.15, -0.1) is 0 Å². The fourth-order valence-corrected chi connectivity index (χ4v) is 8.68. The van der Waals surface area contributed by atoms with Crippen molar-refractivity contribution in [2.24, 2.45) is 23.7 Å². The van der Waals surface area contributed by atoms with E-state index in [1.165, 1.54) is 28.6 Å². The molecule has 1 unspecified atom stereocenters. The third kappa shape index (κ3) is 5.74. The Morgan fingerprint density at radius 2 is 1.93 bits per heavy atom. The summed E-state index contributed by atoms with van der Waals surface area (Å²) in [6.07, 6.45) is 6.96. The lowest BCUT2D eigenvalue weighted by molar-refractivity contribution is -0.124. The van der Waals surface area contributed by atoms with Gasteiger partial charge in [-0.1, -0.05) is 44.0 Å². The van der Waals surface area contributed by atoms with Crippen LogP contribution in [0, 0.1) is 30.6 Å². The van der Waals surface area contributed by atoms with Gasteiger partial charge in [0.25, 0.3) is 5.91 Å². The molecule has 0 saturated heterocycles. The second-order valence-electron chi connectivity index (χ2n) is 13.4. The van der Waals surface area contributed by atoms with Crippen molar-refractivity contribution in [3.8, 4) is 5.75 Å². The number of aliphatic hydroxyl groups excluding tert-OH is 1. The topological polar surface area (TPSA) is 82.0 Å². The maximum atomic E-state index is 13.3. The SMILES string of the molecule is Cc1ccc2c(c1)CCC[C@]21COc2ccc3cc2N(C[C@@H]2CCC2[C@@H](C(O)O)CCC[C@H](C)[C@@H](C)SNC3=O)C1. The van der Waals surface area contributed by atoms with Crippen LogP contribution in [0.25, 0.3) is 0 Å². The van der Waals surface area contributed by atoms with Gasteiger partial charge in [0.05, 0.1) is 12.3 Å². The van der Waals surface area contributed by atoms with Crippen LogP contribution in [0.5, 0.6) is 5.75 Å². The van der Waals surface area contributed by atoms with Crippen molar-refractivity contribution in [3.05, 3.63) is 58.7 Å². The fraction of sp³-hybridized carbons (Fsp3) is 0.618. The van der Waals surface area contributed by atoms with Crippen LogP contribution in [-0.4, -0.2) is 47.4 Å². The number of aliphatic hydroxyl groups is 2. The molecule has 2 aliphatic heterocycles. The number of ether oxygens (including phenoxy) is 1. The lowest BCUT2D eigenvalue weighted by Crippen LogP contribution is -2.50. The second kappa shape index (κ2) is 11.8. The molecule has 6 rings (SSSR count). The van der Waals surface area contributed by atoms with E-state index in [9.17, 15) is 15.0 Å². The van der Waals surface area contributed by atoms with Crippen LogP contribution in [0.1, 0.15) is 85.8 Å². The predicted molar refractivity (Wildman–Crippen MR) is 165 cm³/mol. The molecule has 222 valence electrons. The van der Waals surface area contributed by atoms with Gasteiger partial charge in [0.15, 0.2) is 6.29 Å². The molecule has 41 heavy (non-hydrogen) atoms. The van der Waals surface area contributed by atoms with Crippen molar-refractivity contribution in [1.29, 1.82) is 0 Å². The van der Waals surface area contributed by atoms with Gasteiger partial charge >= 0.3 is 0 Å². The van der Waals surface area contributed by atoms with Crippen molar-refractivity contribution in [2.75, 3.05) is 24.6 Å². The van der Waals surface area contributed by atoms with E-state index in [0.29, 0.717) is 29.9 Å². The molecule has 1 fully saturated rings. The summed E-state index contributed by atoms with van der Waals surface area (Å²) in [7, 11) is 0. The number of aryl methyl sites for hydroxylation is 2. The number of anilines is 1. The van der Waals surface area contributed by atoms with Crippen molar-refractivity contribution in [3.63, 3.8) is 0 Å². The molecule has 2 aliphatic carbocycles. The third-order valence-corrected chi connectivity index (χ3v) is 11.8. The van der Waals surface area contributed by atoms with Gasteiger partial charge in [0.2, 0.25) is 0 Å². The molecule has 6 nitrogen and oxygen atoms in total. The number of carbonyl (C=O) groups excluding carboxylic acids is 1. The molecule has 2 aromatic carbocycles. The van der Waals surface area contributed by atoms with Crippen LogP contribution in [0.2, 0.25) is 0 Å². The Morgan fingerprint density at radius 1 is 1.07 bits per heavy atom. The molecule has 0 aromatic heterocycles. The molecule has 1 amide bonds. The molecule has 4 aliphatic rings.